The van der Waals surface area contributed by atoms with Crippen LogP contribution in [-0.2, 0) is 19.9 Å². The van der Waals surface area contributed by atoms with Crippen LogP contribution >= 0.6 is 0 Å². The molecule has 1 saturated carbocycles. The van der Waals surface area contributed by atoms with Gasteiger partial charge in [-0.1, -0.05) is 30.3 Å². The molecule has 0 atom stereocenters. The quantitative estimate of drug-likeness (QED) is 0.793. The molecule has 2 heterocycles. The summed E-state index contributed by atoms with van der Waals surface area (Å²) in [6, 6.07) is 11.4. The van der Waals surface area contributed by atoms with Crippen molar-refractivity contribution in [1.29, 1.82) is 0 Å². The molecule has 27 heavy (non-hydrogen) atoms. The highest BCUT2D eigenvalue weighted by atomic mass is 16.4. The average Bonchev–Trinajstić information content (AvgIpc) is 3.05. The van der Waals surface area contributed by atoms with E-state index in [2.05, 4.69) is 0 Å². The maximum atomic E-state index is 13.1. The summed E-state index contributed by atoms with van der Waals surface area (Å²) in [6.45, 7) is 0. The van der Waals surface area contributed by atoms with Gasteiger partial charge in [0, 0.05) is 18.2 Å². The molecule has 0 amide bonds. The van der Waals surface area contributed by atoms with Crippen LogP contribution in [0.2, 0.25) is 0 Å². The minimum absolute atomic E-state index is 0.249. The van der Waals surface area contributed by atoms with Gasteiger partial charge in [-0.3, -0.25) is 14.4 Å². The first-order chi connectivity index (χ1) is 12.9. The predicted octanol–water partition coefficient (Wildman–Crippen LogP) is 3.32. The van der Waals surface area contributed by atoms with Gasteiger partial charge in [0.05, 0.1) is 12.1 Å². The molecule has 6 heteroatoms. The van der Waals surface area contributed by atoms with Crippen molar-refractivity contribution in [3.8, 4) is 11.1 Å². The second-order valence-corrected chi connectivity index (χ2v) is 7.10. The fraction of sp³-hybridized carbons (Fsp3) is 0.286. The Balaban J connectivity index is 1.82. The molecular formula is C21H19NO5. The Morgan fingerprint density at radius 1 is 1.07 bits per heavy atom. The van der Waals surface area contributed by atoms with Crippen molar-refractivity contribution in [3.05, 3.63) is 53.9 Å². The summed E-state index contributed by atoms with van der Waals surface area (Å²) >= 11 is 0. The molecule has 4 rings (SSSR count). The summed E-state index contributed by atoms with van der Waals surface area (Å²) in [7, 11) is 0. The Kier molecular flexibility index (Phi) is 3.98. The van der Waals surface area contributed by atoms with Crippen LogP contribution in [0.15, 0.2) is 48.2 Å². The zero-order chi connectivity index (χ0) is 19.2. The third-order valence-electron chi connectivity index (χ3n) is 5.54. The molecule has 2 N–H and O–H groups in total. The van der Waals surface area contributed by atoms with Gasteiger partial charge in [-0.05, 0) is 30.9 Å². The second-order valence-electron chi connectivity index (χ2n) is 7.10. The molecule has 1 aliphatic heterocycles. The van der Waals surface area contributed by atoms with E-state index in [9.17, 15) is 19.5 Å². The normalized spacial score (nSPS) is 17.6. The molecule has 6 nitrogen and oxygen atoms in total. The van der Waals surface area contributed by atoms with Crippen molar-refractivity contribution in [1.82, 2.24) is 4.57 Å². The molecule has 1 aliphatic carbocycles. The van der Waals surface area contributed by atoms with Crippen LogP contribution in [0.4, 0.5) is 0 Å². The Morgan fingerprint density at radius 2 is 1.78 bits per heavy atom. The van der Waals surface area contributed by atoms with Crippen molar-refractivity contribution in [2.45, 2.75) is 37.6 Å². The molecule has 0 radical (unpaired) electrons. The molecule has 0 bridgehead atoms. The molecule has 2 aliphatic rings. The highest BCUT2D eigenvalue weighted by Gasteiger charge is 2.52. The zero-order valence-corrected chi connectivity index (χ0v) is 14.6. The maximum absolute atomic E-state index is 13.1. The molecule has 1 aromatic carbocycles. The number of fused-ring (bicyclic) bond motifs is 2. The summed E-state index contributed by atoms with van der Waals surface area (Å²) in [5.74, 6) is -2.47. The van der Waals surface area contributed by atoms with E-state index in [1.807, 2.05) is 36.5 Å². The first-order valence-corrected chi connectivity index (χ1v) is 8.96. The molecule has 2 aromatic rings. The van der Waals surface area contributed by atoms with Crippen LogP contribution < -0.4 is 0 Å². The minimum Gasteiger partial charge on any atom is -0.505 e. The number of carbonyl (C=O) groups excluding carboxylic acids is 2. The van der Waals surface area contributed by atoms with Crippen LogP contribution in [0, 0.1) is 0 Å². The van der Waals surface area contributed by atoms with E-state index >= 15 is 0 Å². The fourth-order valence-corrected chi connectivity index (χ4v) is 3.95. The second kappa shape index (κ2) is 6.23. The van der Waals surface area contributed by atoms with E-state index in [1.54, 1.807) is 10.6 Å². The highest BCUT2D eigenvalue weighted by Crippen LogP contribution is 2.48. The lowest BCUT2D eigenvalue weighted by Crippen LogP contribution is -2.52. The Morgan fingerprint density at radius 3 is 2.37 bits per heavy atom. The number of hydrogen-bond donors (Lipinski definition) is 2. The molecular weight excluding hydrogens is 346 g/mol. The number of hydrogen-bond acceptors (Lipinski definition) is 4. The third kappa shape index (κ3) is 2.60. The number of benzene rings is 1. The summed E-state index contributed by atoms with van der Waals surface area (Å²) in [6.07, 6.45) is 3.25. The lowest BCUT2D eigenvalue weighted by atomic mass is 9.68. The van der Waals surface area contributed by atoms with E-state index in [0.717, 1.165) is 17.5 Å². The minimum atomic E-state index is -1.11. The van der Waals surface area contributed by atoms with Crippen molar-refractivity contribution in [3.63, 3.8) is 0 Å². The van der Waals surface area contributed by atoms with Crippen molar-refractivity contribution < 1.29 is 24.6 Å². The standard InChI is InChI=1S/C21H19NO5/c23-16(7-8-17(24)25)18-19(26)15-11-14(13-5-2-1-3-6-13)12-22(15)21(20(18)27)9-4-10-21/h1-3,5-6,11-12,26H,4,7-10H2,(H,24,25). The molecule has 138 valence electrons. The number of Topliss-reactive ketones (excluding diaryl/α,β-unsaturated/α-hetero) is 2. The topological polar surface area (TPSA) is 96.6 Å². The van der Waals surface area contributed by atoms with Crippen LogP contribution in [0.1, 0.15) is 37.8 Å². The van der Waals surface area contributed by atoms with Gasteiger partial charge in [0.1, 0.15) is 11.1 Å². The van der Waals surface area contributed by atoms with Crippen LogP contribution in [0.25, 0.3) is 16.9 Å². The van der Waals surface area contributed by atoms with Crippen LogP contribution in [0.3, 0.4) is 0 Å². The van der Waals surface area contributed by atoms with Gasteiger partial charge in [0.15, 0.2) is 17.3 Å². The lowest BCUT2D eigenvalue weighted by molar-refractivity contribution is -0.139. The van der Waals surface area contributed by atoms with Crippen molar-refractivity contribution in [2.24, 2.45) is 0 Å². The van der Waals surface area contributed by atoms with Gasteiger partial charge in [-0.25, -0.2) is 0 Å². The molecule has 1 spiro atoms. The van der Waals surface area contributed by atoms with Crippen molar-refractivity contribution >= 4 is 23.3 Å². The maximum Gasteiger partial charge on any atom is 0.303 e. The van der Waals surface area contributed by atoms with Gasteiger partial charge >= 0.3 is 5.97 Å². The Hall–Kier alpha value is -3.15. The van der Waals surface area contributed by atoms with Crippen molar-refractivity contribution in [2.75, 3.05) is 0 Å². The SMILES string of the molecule is O=C(O)CCC(=O)C1=C(O)c2cc(-c3ccccc3)cn2C2(CCC2)C1=O. The first-order valence-electron chi connectivity index (χ1n) is 8.96. The van der Waals surface area contributed by atoms with Gasteiger partial charge in [0.25, 0.3) is 0 Å². The summed E-state index contributed by atoms with van der Waals surface area (Å²) < 4.78 is 1.80. The largest absolute Gasteiger partial charge is 0.505 e. The number of aliphatic hydroxyl groups excluding tert-OH is 1. The molecule has 0 saturated heterocycles. The first kappa shape index (κ1) is 17.3. The van der Waals surface area contributed by atoms with Gasteiger partial charge < -0.3 is 14.8 Å². The number of ketones is 2. The smallest absolute Gasteiger partial charge is 0.303 e. The van der Waals surface area contributed by atoms with E-state index in [1.165, 1.54) is 0 Å². The highest BCUT2D eigenvalue weighted by molar-refractivity contribution is 6.28. The van der Waals surface area contributed by atoms with Crippen LogP contribution in [-0.4, -0.2) is 32.3 Å². The number of allylic oxidation sites excluding steroid dienone is 1. The number of aliphatic carboxylic acids is 1. The van der Waals surface area contributed by atoms with Gasteiger partial charge in [0.2, 0.25) is 0 Å². The lowest BCUT2D eigenvalue weighted by Gasteiger charge is -2.45. The number of carboxylic acid groups (broad SMARTS) is 1. The van der Waals surface area contributed by atoms with E-state index in [0.29, 0.717) is 18.5 Å². The van der Waals surface area contributed by atoms with Gasteiger partial charge in [-0.2, -0.15) is 0 Å². The number of nitrogens with zero attached hydrogens (tertiary/aromatic N) is 1. The summed E-state index contributed by atoms with van der Waals surface area (Å²) in [5, 5.41) is 19.5. The number of carboxylic acids is 1. The van der Waals surface area contributed by atoms with E-state index in [4.69, 9.17) is 5.11 Å². The molecule has 1 aromatic heterocycles. The number of aliphatic hydroxyl groups is 1. The molecule has 0 unspecified atom stereocenters. The fourth-order valence-electron chi connectivity index (χ4n) is 3.95. The van der Waals surface area contributed by atoms with Crippen LogP contribution in [0.5, 0.6) is 0 Å². The monoisotopic (exact) mass is 365 g/mol. The summed E-state index contributed by atoms with van der Waals surface area (Å²) in [4.78, 5) is 36.4. The number of rotatable bonds is 5. The number of carbonyl (C=O) groups is 3. The predicted molar refractivity (Wildman–Crippen MR) is 98.1 cm³/mol. The van der Waals surface area contributed by atoms with E-state index < -0.39 is 23.1 Å². The van der Waals surface area contributed by atoms with E-state index in [-0.39, 0.29) is 24.2 Å². The average molecular weight is 365 g/mol. The summed E-state index contributed by atoms with van der Waals surface area (Å²) in [5.41, 5.74) is 1.15. The Bertz CT molecular complexity index is 979. The zero-order valence-electron chi connectivity index (χ0n) is 14.6. The Labute approximate surface area is 155 Å². The molecule has 1 fully saturated rings. The van der Waals surface area contributed by atoms with Gasteiger partial charge in [-0.15, -0.1) is 0 Å². The number of aromatic nitrogens is 1. The third-order valence-corrected chi connectivity index (χ3v) is 5.54.